The van der Waals surface area contributed by atoms with Gasteiger partial charge in [0.25, 0.3) is 0 Å². The maximum absolute atomic E-state index is 10.4. The first kappa shape index (κ1) is 21.3. The van der Waals surface area contributed by atoms with Gasteiger partial charge in [-0.25, -0.2) is 0 Å². The first-order valence-corrected chi connectivity index (χ1v) is 6.49. The Balaban J connectivity index is -0.000000202. The van der Waals surface area contributed by atoms with Gasteiger partial charge in [-0.1, -0.05) is 34.3 Å². The lowest BCUT2D eigenvalue weighted by Gasteiger charge is -2.09. The molecule has 0 aliphatic rings. The fourth-order valence-corrected chi connectivity index (χ4v) is 0.827. The summed E-state index contributed by atoms with van der Waals surface area (Å²) in [7, 11) is 3.51. The van der Waals surface area contributed by atoms with Gasteiger partial charge in [-0.15, -0.1) is 0 Å². The Hall–Kier alpha value is -0.990. The van der Waals surface area contributed by atoms with Crippen molar-refractivity contribution in [3.05, 3.63) is 12.3 Å². The van der Waals surface area contributed by atoms with Crippen molar-refractivity contribution in [2.45, 2.75) is 60.4 Å². The van der Waals surface area contributed by atoms with E-state index in [1.165, 1.54) is 0 Å². The van der Waals surface area contributed by atoms with Crippen molar-refractivity contribution < 1.29 is 4.79 Å². The minimum atomic E-state index is 0.181. The molecular formula is C14H32N2O. The van der Waals surface area contributed by atoms with E-state index in [9.17, 15) is 4.79 Å². The largest absolute Gasteiger partial charge is 0.387 e. The number of amides is 1. The molecule has 0 aromatic carbocycles. The number of nitrogens with zero attached hydrogens (tertiary/aromatic N) is 1. The standard InChI is InChI=1S/C7H15N.C5H11NO.C2H6/c1-5-7(4)8-6(2)3;1-4-5(7)6(2)3;1-2/h6,8H,4-5H2,1-3H3;4H2,1-3H3;1-2H3. The molecule has 0 rings (SSSR count). The maximum atomic E-state index is 10.4. The highest BCUT2D eigenvalue weighted by molar-refractivity contribution is 5.75. The van der Waals surface area contributed by atoms with Crippen LogP contribution in [0.25, 0.3) is 0 Å². The number of nitrogens with one attached hydrogen (secondary N) is 1. The highest BCUT2D eigenvalue weighted by atomic mass is 16.2. The molecule has 104 valence electrons. The van der Waals surface area contributed by atoms with Crippen LogP contribution in [-0.4, -0.2) is 30.9 Å². The number of carbonyl (C=O) groups excluding carboxylic acids is 1. The summed E-state index contributed by atoms with van der Waals surface area (Å²) in [6.45, 7) is 16.0. The van der Waals surface area contributed by atoms with Gasteiger partial charge >= 0.3 is 0 Å². The van der Waals surface area contributed by atoms with Crippen molar-refractivity contribution >= 4 is 5.91 Å². The fraction of sp³-hybridized carbons (Fsp3) is 0.786. The number of hydrogen-bond donors (Lipinski definition) is 1. The predicted molar refractivity (Wildman–Crippen MR) is 78.0 cm³/mol. The molecule has 0 unspecified atom stereocenters. The molecule has 0 heterocycles. The molecule has 0 aliphatic heterocycles. The molecule has 17 heavy (non-hydrogen) atoms. The monoisotopic (exact) mass is 244 g/mol. The van der Waals surface area contributed by atoms with Gasteiger partial charge < -0.3 is 10.2 Å². The molecule has 3 heteroatoms. The van der Waals surface area contributed by atoms with Gasteiger partial charge in [0.2, 0.25) is 5.91 Å². The minimum Gasteiger partial charge on any atom is -0.387 e. The number of allylic oxidation sites excluding steroid dienone is 1. The Morgan fingerprint density at radius 2 is 1.59 bits per heavy atom. The Morgan fingerprint density at radius 3 is 1.65 bits per heavy atom. The zero-order chi connectivity index (χ0) is 14.4. The van der Waals surface area contributed by atoms with Crippen molar-refractivity contribution in [2.24, 2.45) is 0 Å². The smallest absolute Gasteiger partial charge is 0.221 e. The van der Waals surface area contributed by atoms with Crippen LogP contribution < -0.4 is 5.32 Å². The zero-order valence-electron chi connectivity index (χ0n) is 13.1. The Kier molecular flexibility index (Phi) is 18.8. The van der Waals surface area contributed by atoms with Gasteiger partial charge in [0, 0.05) is 32.3 Å². The molecule has 3 nitrogen and oxygen atoms in total. The molecule has 0 bridgehead atoms. The van der Waals surface area contributed by atoms with Crippen molar-refractivity contribution in [2.75, 3.05) is 14.1 Å². The van der Waals surface area contributed by atoms with Gasteiger partial charge in [0.15, 0.2) is 0 Å². The molecule has 0 aromatic heterocycles. The van der Waals surface area contributed by atoms with E-state index in [2.05, 4.69) is 32.7 Å². The van der Waals surface area contributed by atoms with Crippen LogP contribution in [0, 0.1) is 0 Å². The van der Waals surface area contributed by atoms with E-state index in [1.807, 2.05) is 20.8 Å². The number of rotatable bonds is 4. The lowest BCUT2D eigenvalue weighted by Crippen LogP contribution is -2.20. The average Bonchev–Trinajstić information content (AvgIpc) is 2.30. The van der Waals surface area contributed by atoms with Crippen LogP contribution in [-0.2, 0) is 4.79 Å². The fourth-order valence-electron chi connectivity index (χ4n) is 0.827. The van der Waals surface area contributed by atoms with Gasteiger partial charge in [-0.05, 0) is 20.3 Å². The van der Waals surface area contributed by atoms with Crippen LogP contribution in [0.1, 0.15) is 54.4 Å². The molecule has 0 spiro atoms. The van der Waals surface area contributed by atoms with Crippen molar-refractivity contribution in [1.29, 1.82) is 0 Å². The van der Waals surface area contributed by atoms with Crippen molar-refractivity contribution in [1.82, 2.24) is 10.2 Å². The maximum Gasteiger partial charge on any atom is 0.221 e. The molecule has 0 atom stereocenters. The van der Waals surface area contributed by atoms with E-state index in [0.717, 1.165) is 12.1 Å². The van der Waals surface area contributed by atoms with Crippen LogP contribution >= 0.6 is 0 Å². The first-order valence-electron chi connectivity index (χ1n) is 6.49. The first-order chi connectivity index (χ1) is 7.84. The SMILES string of the molecule is C=C(CC)NC(C)C.CC.CCC(=O)N(C)C. The molecule has 0 fully saturated rings. The molecular weight excluding hydrogens is 212 g/mol. The van der Waals surface area contributed by atoms with Gasteiger partial charge in [0.05, 0.1) is 0 Å². The van der Waals surface area contributed by atoms with Crippen LogP contribution in [0.4, 0.5) is 0 Å². The molecule has 0 saturated heterocycles. The zero-order valence-corrected chi connectivity index (χ0v) is 13.1. The number of hydrogen-bond acceptors (Lipinski definition) is 2. The van der Waals surface area contributed by atoms with Crippen LogP contribution in [0.2, 0.25) is 0 Å². The summed E-state index contributed by atoms with van der Waals surface area (Å²) >= 11 is 0. The van der Waals surface area contributed by atoms with E-state index in [4.69, 9.17) is 0 Å². The van der Waals surface area contributed by atoms with Gasteiger partial charge in [-0.2, -0.15) is 0 Å². The molecule has 0 radical (unpaired) electrons. The summed E-state index contributed by atoms with van der Waals surface area (Å²) < 4.78 is 0. The van der Waals surface area contributed by atoms with E-state index in [1.54, 1.807) is 19.0 Å². The average molecular weight is 244 g/mol. The van der Waals surface area contributed by atoms with E-state index >= 15 is 0 Å². The van der Waals surface area contributed by atoms with Crippen molar-refractivity contribution in [3.8, 4) is 0 Å². The third kappa shape index (κ3) is 21.0. The summed E-state index contributed by atoms with van der Waals surface area (Å²) in [5.74, 6) is 0.181. The summed E-state index contributed by atoms with van der Waals surface area (Å²) in [5.41, 5.74) is 1.12. The van der Waals surface area contributed by atoms with E-state index in [0.29, 0.717) is 12.5 Å². The second-order valence-corrected chi connectivity index (χ2v) is 3.90. The summed E-state index contributed by atoms with van der Waals surface area (Å²) in [6.07, 6.45) is 1.63. The van der Waals surface area contributed by atoms with Crippen LogP contribution in [0.15, 0.2) is 12.3 Å². The van der Waals surface area contributed by atoms with Crippen molar-refractivity contribution in [3.63, 3.8) is 0 Å². The lowest BCUT2D eigenvalue weighted by molar-refractivity contribution is -0.128. The Bertz CT molecular complexity index is 187. The third-order valence-electron chi connectivity index (χ3n) is 1.72. The summed E-state index contributed by atoms with van der Waals surface area (Å²) in [5, 5.41) is 3.20. The molecule has 1 amide bonds. The molecule has 0 saturated carbocycles. The second kappa shape index (κ2) is 15.0. The molecule has 1 N–H and O–H groups in total. The van der Waals surface area contributed by atoms with Crippen LogP contribution in [0.3, 0.4) is 0 Å². The topological polar surface area (TPSA) is 32.3 Å². The van der Waals surface area contributed by atoms with E-state index < -0.39 is 0 Å². The summed E-state index contributed by atoms with van der Waals surface area (Å²) in [6, 6.07) is 0.530. The molecule has 0 aliphatic carbocycles. The van der Waals surface area contributed by atoms with Gasteiger partial charge in [0.1, 0.15) is 0 Å². The predicted octanol–water partition coefficient (Wildman–Crippen LogP) is 3.42. The second-order valence-electron chi connectivity index (χ2n) is 3.90. The highest BCUT2D eigenvalue weighted by Gasteiger charge is 1.95. The minimum absolute atomic E-state index is 0.181. The normalized spacial score (nSPS) is 8.29. The third-order valence-corrected chi connectivity index (χ3v) is 1.72. The van der Waals surface area contributed by atoms with E-state index in [-0.39, 0.29) is 5.91 Å². The molecule has 0 aromatic rings. The lowest BCUT2D eigenvalue weighted by atomic mass is 10.3. The van der Waals surface area contributed by atoms with Crippen LogP contribution in [0.5, 0.6) is 0 Å². The van der Waals surface area contributed by atoms with Gasteiger partial charge in [-0.3, -0.25) is 4.79 Å². The highest BCUT2D eigenvalue weighted by Crippen LogP contribution is 1.91. The quantitative estimate of drug-likeness (QED) is 0.822. The Morgan fingerprint density at radius 1 is 1.18 bits per heavy atom. The summed E-state index contributed by atoms with van der Waals surface area (Å²) in [4.78, 5) is 12.0. The Labute approximate surface area is 108 Å². The number of carbonyl (C=O) groups is 1.